The number of benzene rings is 1. The third-order valence-electron chi connectivity index (χ3n) is 3.50. The summed E-state index contributed by atoms with van der Waals surface area (Å²) in [6, 6.07) is 6.31. The van der Waals surface area contributed by atoms with E-state index < -0.39 is 15.2 Å². The van der Waals surface area contributed by atoms with Gasteiger partial charge in [0.05, 0.1) is 4.90 Å². The van der Waals surface area contributed by atoms with Gasteiger partial charge in [-0.2, -0.15) is 0 Å². The molecule has 1 aromatic carbocycles. The second-order valence-electron chi connectivity index (χ2n) is 5.32. The van der Waals surface area contributed by atoms with E-state index in [0.717, 1.165) is 13.0 Å². The van der Waals surface area contributed by atoms with E-state index in [1.165, 1.54) is 6.92 Å². The first kappa shape index (κ1) is 15.0. The van der Waals surface area contributed by atoms with Crippen molar-refractivity contribution >= 4 is 21.4 Å². The van der Waals surface area contributed by atoms with Crippen molar-refractivity contribution < 1.29 is 13.2 Å². The van der Waals surface area contributed by atoms with Gasteiger partial charge >= 0.3 is 0 Å². The van der Waals surface area contributed by atoms with Crippen LogP contribution in [-0.4, -0.2) is 26.2 Å². The fourth-order valence-corrected chi connectivity index (χ4v) is 4.15. The largest absolute Gasteiger partial charge is 0.326 e. The number of piperidine rings is 1. The zero-order valence-corrected chi connectivity index (χ0v) is 12.5. The van der Waals surface area contributed by atoms with Crippen molar-refractivity contribution in [2.45, 2.75) is 37.0 Å². The molecule has 2 rings (SSSR count). The predicted molar refractivity (Wildman–Crippen MR) is 78.1 cm³/mol. The number of sulfone groups is 1. The number of carbonyl (C=O) groups is 1. The minimum Gasteiger partial charge on any atom is -0.326 e. The van der Waals surface area contributed by atoms with E-state index in [-0.39, 0.29) is 5.91 Å². The Bertz CT molecular complexity index is 581. The Hall–Kier alpha value is -1.40. The van der Waals surface area contributed by atoms with Crippen LogP contribution < -0.4 is 10.6 Å². The molecule has 6 heteroatoms. The first-order valence-corrected chi connectivity index (χ1v) is 8.29. The molecule has 1 heterocycles. The first-order valence-electron chi connectivity index (χ1n) is 6.74. The Morgan fingerprint density at radius 2 is 1.95 bits per heavy atom. The molecular formula is C14H20N2O3S. The molecule has 0 radical (unpaired) electrons. The molecule has 5 nitrogen and oxygen atoms in total. The fraction of sp³-hybridized carbons (Fsp3) is 0.500. The van der Waals surface area contributed by atoms with Gasteiger partial charge in [0, 0.05) is 12.6 Å². The van der Waals surface area contributed by atoms with Crippen LogP contribution in [-0.2, 0) is 14.6 Å². The minimum atomic E-state index is -3.36. The number of amides is 1. The highest BCUT2D eigenvalue weighted by Gasteiger charge is 2.31. The molecule has 1 saturated heterocycles. The lowest BCUT2D eigenvalue weighted by atomic mass is 10.0. The van der Waals surface area contributed by atoms with E-state index in [0.29, 0.717) is 22.9 Å². The van der Waals surface area contributed by atoms with E-state index in [9.17, 15) is 13.2 Å². The zero-order chi connectivity index (χ0) is 14.8. The van der Waals surface area contributed by atoms with Gasteiger partial charge in [-0.1, -0.05) is 6.92 Å². The standard InChI is InChI=1S/C14H20N2O3S/c1-10-7-8-15-14(9-10)20(18,19)13-5-3-12(4-6-13)16-11(2)17/h3-6,10,14-15H,7-9H2,1-2H3,(H,16,17)/t10-,14-/m0/s1. The lowest BCUT2D eigenvalue weighted by Gasteiger charge is -2.27. The Labute approximate surface area is 119 Å². The third kappa shape index (κ3) is 3.37. The van der Waals surface area contributed by atoms with Gasteiger partial charge in [-0.05, 0) is 49.6 Å². The average molecular weight is 296 g/mol. The summed E-state index contributed by atoms with van der Waals surface area (Å²) in [4.78, 5) is 11.2. The van der Waals surface area contributed by atoms with Crippen LogP contribution in [0.3, 0.4) is 0 Å². The van der Waals surface area contributed by atoms with Crippen molar-refractivity contribution in [2.24, 2.45) is 5.92 Å². The molecule has 0 saturated carbocycles. The van der Waals surface area contributed by atoms with Crippen molar-refractivity contribution in [1.82, 2.24) is 5.32 Å². The van der Waals surface area contributed by atoms with E-state index in [4.69, 9.17) is 0 Å². The van der Waals surface area contributed by atoms with Gasteiger partial charge in [0.25, 0.3) is 0 Å². The Morgan fingerprint density at radius 3 is 2.50 bits per heavy atom. The molecule has 2 atom stereocenters. The molecule has 1 aliphatic heterocycles. The molecule has 0 bridgehead atoms. The van der Waals surface area contributed by atoms with Gasteiger partial charge in [-0.3, -0.25) is 4.79 Å². The van der Waals surface area contributed by atoms with E-state index in [1.54, 1.807) is 24.3 Å². The first-order chi connectivity index (χ1) is 9.39. The predicted octanol–water partition coefficient (Wildman–Crippen LogP) is 1.76. The quantitative estimate of drug-likeness (QED) is 0.891. The molecule has 0 spiro atoms. The molecule has 0 aliphatic carbocycles. The second kappa shape index (κ2) is 5.93. The van der Waals surface area contributed by atoms with Crippen molar-refractivity contribution in [1.29, 1.82) is 0 Å². The van der Waals surface area contributed by atoms with Crippen LogP contribution in [0.1, 0.15) is 26.7 Å². The van der Waals surface area contributed by atoms with Crippen LogP contribution in [0, 0.1) is 5.92 Å². The maximum absolute atomic E-state index is 12.5. The summed E-state index contributed by atoms with van der Waals surface area (Å²) in [5, 5.41) is 5.18. The molecule has 0 aromatic heterocycles. The number of hydrogen-bond acceptors (Lipinski definition) is 4. The second-order valence-corrected chi connectivity index (χ2v) is 7.45. The highest BCUT2D eigenvalue weighted by molar-refractivity contribution is 7.92. The lowest BCUT2D eigenvalue weighted by molar-refractivity contribution is -0.114. The van der Waals surface area contributed by atoms with Crippen molar-refractivity contribution in [3.63, 3.8) is 0 Å². The maximum Gasteiger partial charge on any atom is 0.221 e. The Kier molecular flexibility index (Phi) is 4.45. The molecule has 1 fully saturated rings. The molecule has 2 N–H and O–H groups in total. The van der Waals surface area contributed by atoms with Gasteiger partial charge in [-0.15, -0.1) is 0 Å². The number of anilines is 1. The number of rotatable bonds is 3. The molecular weight excluding hydrogens is 276 g/mol. The highest BCUT2D eigenvalue weighted by Crippen LogP contribution is 2.25. The zero-order valence-electron chi connectivity index (χ0n) is 11.7. The third-order valence-corrected chi connectivity index (χ3v) is 5.54. The van der Waals surface area contributed by atoms with Gasteiger partial charge in [-0.25, -0.2) is 8.42 Å². The van der Waals surface area contributed by atoms with Gasteiger partial charge < -0.3 is 10.6 Å². The van der Waals surface area contributed by atoms with Crippen LogP contribution in [0.5, 0.6) is 0 Å². The molecule has 1 aromatic rings. The van der Waals surface area contributed by atoms with E-state index in [1.807, 2.05) is 0 Å². The van der Waals surface area contributed by atoms with Gasteiger partial charge in [0.1, 0.15) is 5.37 Å². The Balaban J connectivity index is 2.19. The van der Waals surface area contributed by atoms with Gasteiger partial charge in [0.15, 0.2) is 9.84 Å². The smallest absolute Gasteiger partial charge is 0.221 e. The molecule has 110 valence electrons. The van der Waals surface area contributed by atoms with Crippen molar-refractivity contribution in [3.05, 3.63) is 24.3 Å². The minimum absolute atomic E-state index is 0.177. The monoisotopic (exact) mass is 296 g/mol. The van der Waals surface area contributed by atoms with Crippen LogP contribution in [0.25, 0.3) is 0 Å². The van der Waals surface area contributed by atoms with E-state index >= 15 is 0 Å². The summed E-state index contributed by atoms with van der Waals surface area (Å²) < 4.78 is 25.0. The highest BCUT2D eigenvalue weighted by atomic mass is 32.2. The average Bonchev–Trinajstić information content (AvgIpc) is 2.38. The molecule has 1 aliphatic rings. The topological polar surface area (TPSA) is 75.3 Å². The summed E-state index contributed by atoms with van der Waals surface area (Å²) in [5.74, 6) is 0.234. The van der Waals surface area contributed by atoms with E-state index in [2.05, 4.69) is 17.6 Å². The molecule has 20 heavy (non-hydrogen) atoms. The van der Waals surface area contributed by atoms with Crippen LogP contribution in [0.15, 0.2) is 29.2 Å². The molecule has 0 unspecified atom stereocenters. The van der Waals surface area contributed by atoms with Crippen LogP contribution >= 0.6 is 0 Å². The van der Waals surface area contributed by atoms with Crippen LogP contribution in [0.4, 0.5) is 5.69 Å². The molecule has 1 amide bonds. The summed E-state index contributed by atoms with van der Waals surface area (Å²) in [7, 11) is -3.36. The van der Waals surface area contributed by atoms with Gasteiger partial charge in [0.2, 0.25) is 5.91 Å². The lowest BCUT2D eigenvalue weighted by Crippen LogP contribution is -2.42. The fourth-order valence-electron chi connectivity index (χ4n) is 2.39. The summed E-state index contributed by atoms with van der Waals surface area (Å²) in [6.07, 6.45) is 1.64. The SMILES string of the molecule is CC(=O)Nc1ccc(S(=O)(=O)[C@H]2C[C@@H](C)CCN2)cc1. The maximum atomic E-state index is 12.5. The number of hydrogen-bond donors (Lipinski definition) is 2. The summed E-state index contributed by atoms with van der Waals surface area (Å²) >= 11 is 0. The Morgan fingerprint density at radius 1 is 1.30 bits per heavy atom. The number of carbonyl (C=O) groups excluding carboxylic acids is 1. The normalized spacial score (nSPS) is 23.3. The summed E-state index contributed by atoms with van der Waals surface area (Å²) in [5.41, 5.74) is 0.599. The van der Waals surface area contributed by atoms with Crippen LogP contribution in [0.2, 0.25) is 0 Å². The van der Waals surface area contributed by atoms with Crippen molar-refractivity contribution in [3.8, 4) is 0 Å². The van der Waals surface area contributed by atoms with Crippen molar-refractivity contribution in [2.75, 3.05) is 11.9 Å². The number of nitrogens with one attached hydrogen (secondary N) is 2. The summed E-state index contributed by atoms with van der Waals surface area (Å²) in [6.45, 7) is 4.22.